The first kappa shape index (κ1) is 26.9. The Balaban J connectivity index is 1.25. The Bertz CT molecular complexity index is 3100. The van der Waals surface area contributed by atoms with Crippen LogP contribution in [0.1, 0.15) is 0 Å². The van der Waals surface area contributed by atoms with Crippen LogP contribution in [0.3, 0.4) is 0 Å². The average Bonchev–Trinajstić information content (AvgIpc) is 3.82. The molecule has 11 aromatic rings. The molecule has 0 saturated carbocycles. The summed E-state index contributed by atoms with van der Waals surface area (Å²) in [6.45, 7) is 0. The van der Waals surface area contributed by atoms with Crippen molar-refractivity contribution in [3.63, 3.8) is 0 Å². The topological polar surface area (TPSA) is 9.86 Å². The van der Waals surface area contributed by atoms with Crippen molar-refractivity contribution in [2.24, 2.45) is 0 Å². The molecule has 0 saturated heterocycles. The lowest BCUT2D eigenvalue weighted by atomic mass is 9.96. The number of nitrogens with zero attached hydrogens (tertiary/aromatic N) is 2. The SMILES string of the molecule is c1ccc(-n2c3ccccc3c3c2ccc2c4ccccc4n(-c4ccc(-c5ccc6sc7ccccc7c6c5)c5ccccc45)c23)cc1. The van der Waals surface area contributed by atoms with Crippen molar-refractivity contribution in [1.82, 2.24) is 9.13 Å². The van der Waals surface area contributed by atoms with Crippen LogP contribution in [-0.2, 0) is 0 Å². The molecule has 0 amide bonds. The third-order valence-electron chi connectivity index (χ3n) is 10.3. The maximum atomic E-state index is 2.52. The lowest BCUT2D eigenvalue weighted by Crippen LogP contribution is -1.97. The van der Waals surface area contributed by atoms with Gasteiger partial charge in [0.25, 0.3) is 0 Å². The van der Waals surface area contributed by atoms with E-state index in [1.54, 1.807) is 0 Å². The minimum atomic E-state index is 1.17. The van der Waals surface area contributed by atoms with Crippen LogP contribution in [0.2, 0.25) is 0 Å². The number of para-hydroxylation sites is 3. The zero-order chi connectivity index (χ0) is 32.1. The number of benzene rings is 8. The van der Waals surface area contributed by atoms with Crippen LogP contribution < -0.4 is 0 Å². The van der Waals surface area contributed by atoms with Crippen molar-refractivity contribution < 1.29 is 0 Å². The Morgan fingerprint density at radius 1 is 0.367 bits per heavy atom. The molecule has 8 aromatic carbocycles. The molecule has 0 atom stereocenters. The normalized spacial score (nSPS) is 12.1. The van der Waals surface area contributed by atoms with Gasteiger partial charge in [0.2, 0.25) is 0 Å². The third-order valence-corrected chi connectivity index (χ3v) is 11.5. The van der Waals surface area contributed by atoms with Gasteiger partial charge >= 0.3 is 0 Å². The molecular weight excluding hydrogens is 613 g/mol. The van der Waals surface area contributed by atoms with Gasteiger partial charge in [-0.2, -0.15) is 0 Å². The van der Waals surface area contributed by atoms with E-state index in [0.717, 1.165) is 0 Å². The van der Waals surface area contributed by atoms with Gasteiger partial charge < -0.3 is 9.13 Å². The first-order chi connectivity index (χ1) is 24.3. The summed E-state index contributed by atoms with van der Waals surface area (Å²) in [7, 11) is 0. The van der Waals surface area contributed by atoms with E-state index < -0.39 is 0 Å². The molecule has 0 radical (unpaired) electrons. The summed E-state index contributed by atoms with van der Waals surface area (Å²) in [6.07, 6.45) is 0. The number of fused-ring (bicyclic) bond motifs is 11. The molecule has 2 nitrogen and oxygen atoms in total. The third kappa shape index (κ3) is 3.76. The van der Waals surface area contributed by atoms with Gasteiger partial charge in [0.1, 0.15) is 0 Å². The Morgan fingerprint density at radius 2 is 1.02 bits per heavy atom. The fraction of sp³-hybridized carbons (Fsp3) is 0. The lowest BCUT2D eigenvalue weighted by molar-refractivity contribution is 1.18. The molecule has 3 heterocycles. The second-order valence-electron chi connectivity index (χ2n) is 12.9. The fourth-order valence-corrected chi connectivity index (χ4v) is 9.32. The number of thiophene rings is 1. The number of rotatable bonds is 3. The molecule has 11 rings (SSSR count). The zero-order valence-corrected chi connectivity index (χ0v) is 27.3. The molecule has 0 spiro atoms. The van der Waals surface area contributed by atoms with Crippen molar-refractivity contribution in [3.05, 3.63) is 170 Å². The van der Waals surface area contributed by atoms with Crippen LogP contribution in [0.25, 0.3) is 97.1 Å². The van der Waals surface area contributed by atoms with Gasteiger partial charge in [-0.15, -0.1) is 11.3 Å². The van der Waals surface area contributed by atoms with E-state index >= 15 is 0 Å². The molecule has 0 aliphatic rings. The van der Waals surface area contributed by atoms with Gasteiger partial charge in [0.05, 0.1) is 27.8 Å². The average molecular weight is 641 g/mol. The number of aromatic nitrogens is 2. The Hall–Kier alpha value is -6.16. The summed E-state index contributed by atoms with van der Waals surface area (Å²) in [5.74, 6) is 0. The predicted octanol–water partition coefficient (Wildman–Crippen LogP) is 13.1. The van der Waals surface area contributed by atoms with E-state index in [1.165, 1.54) is 97.1 Å². The molecule has 0 N–H and O–H groups in total. The van der Waals surface area contributed by atoms with Crippen LogP contribution in [0.5, 0.6) is 0 Å². The second kappa shape index (κ2) is 10.2. The minimum Gasteiger partial charge on any atom is -0.309 e. The van der Waals surface area contributed by atoms with Crippen LogP contribution >= 0.6 is 11.3 Å². The second-order valence-corrected chi connectivity index (χ2v) is 14.0. The van der Waals surface area contributed by atoms with Gasteiger partial charge in [0.15, 0.2) is 0 Å². The lowest BCUT2D eigenvalue weighted by Gasteiger charge is -2.15. The van der Waals surface area contributed by atoms with Crippen LogP contribution in [0, 0.1) is 0 Å². The Morgan fingerprint density at radius 3 is 1.86 bits per heavy atom. The first-order valence-corrected chi connectivity index (χ1v) is 17.6. The van der Waals surface area contributed by atoms with E-state index in [-0.39, 0.29) is 0 Å². The molecule has 0 aliphatic heterocycles. The van der Waals surface area contributed by atoms with Crippen LogP contribution in [0.15, 0.2) is 170 Å². The molecule has 49 heavy (non-hydrogen) atoms. The van der Waals surface area contributed by atoms with Crippen molar-refractivity contribution in [3.8, 4) is 22.5 Å². The molecule has 3 aromatic heterocycles. The monoisotopic (exact) mass is 640 g/mol. The number of hydrogen-bond donors (Lipinski definition) is 0. The van der Waals surface area contributed by atoms with Gasteiger partial charge in [-0.05, 0) is 71.1 Å². The highest BCUT2D eigenvalue weighted by Crippen LogP contribution is 2.44. The van der Waals surface area contributed by atoms with Crippen molar-refractivity contribution in [1.29, 1.82) is 0 Å². The molecule has 3 heteroatoms. The molecule has 0 unspecified atom stereocenters. The highest BCUT2D eigenvalue weighted by Gasteiger charge is 2.22. The van der Waals surface area contributed by atoms with Gasteiger partial charge in [0, 0.05) is 52.8 Å². The standard InChI is InChI=1S/C46H28N2S/c1-2-12-30(13-3-1)47-40-20-10-7-18-37(40)45-42(47)26-24-36-34-16-6-9-19-39(34)48(46(36)45)41-25-23-31(32-14-4-5-15-33(32)41)29-22-27-44-38(28-29)35-17-8-11-21-43(35)49-44/h1-28H. The van der Waals surface area contributed by atoms with E-state index in [9.17, 15) is 0 Å². The highest BCUT2D eigenvalue weighted by molar-refractivity contribution is 7.25. The first-order valence-electron chi connectivity index (χ1n) is 16.8. The van der Waals surface area contributed by atoms with Gasteiger partial charge in [-0.3, -0.25) is 0 Å². The predicted molar refractivity (Wildman–Crippen MR) is 211 cm³/mol. The maximum absolute atomic E-state index is 2.52. The van der Waals surface area contributed by atoms with E-state index in [1.807, 2.05) is 11.3 Å². The van der Waals surface area contributed by atoms with Crippen molar-refractivity contribution in [2.45, 2.75) is 0 Å². The largest absolute Gasteiger partial charge is 0.309 e. The summed E-state index contributed by atoms with van der Waals surface area (Å²) in [4.78, 5) is 0. The summed E-state index contributed by atoms with van der Waals surface area (Å²) in [5.41, 5.74) is 9.74. The highest BCUT2D eigenvalue weighted by atomic mass is 32.1. The quantitative estimate of drug-likeness (QED) is 0.182. The molecule has 228 valence electrons. The molecule has 0 fully saturated rings. The summed E-state index contributed by atoms with van der Waals surface area (Å²) >= 11 is 1.87. The Kier molecular flexibility index (Phi) is 5.57. The molecular formula is C46H28N2S. The maximum Gasteiger partial charge on any atom is 0.0641 e. The van der Waals surface area contributed by atoms with Gasteiger partial charge in [-0.25, -0.2) is 0 Å². The molecule has 0 bridgehead atoms. The summed E-state index contributed by atoms with van der Waals surface area (Å²) in [5, 5.41) is 10.2. The summed E-state index contributed by atoms with van der Waals surface area (Å²) in [6, 6.07) is 62.4. The zero-order valence-electron chi connectivity index (χ0n) is 26.5. The van der Waals surface area contributed by atoms with Crippen LogP contribution in [0.4, 0.5) is 0 Å². The van der Waals surface area contributed by atoms with E-state index in [4.69, 9.17) is 0 Å². The van der Waals surface area contributed by atoms with E-state index in [2.05, 4.69) is 179 Å². The van der Waals surface area contributed by atoms with Crippen molar-refractivity contribution >= 4 is 85.9 Å². The number of hydrogen-bond acceptors (Lipinski definition) is 1. The van der Waals surface area contributed by atoms with E-state index in [0.29, 0.717) is 0 Å². The van der Waals surface area contributed by atoms with Gasteiger partial charge in [-0.1, -0.05) is 115 Å². The minimum absolute atomic E-state index is 1.17. The summed E-state index contributed by atoms with van der Waals surface area (Å²) < 4.78 is 7.60. The fourth-order valence-electron chi connectivity index (χ4n) is 8.24. The van der Waals surface area contributed by atoms with Crippen molar-refractivity contribution in [2.75, 3.05) is 0 Å². The van der Waals surface area contributed by atoms with Crippen LogP contribution in [-0.4, -0.2) is 9.13 Å². The Labute approximate surface area is 286 Å². The smallest absolute Gasteiger partial charge is 0.0641 e. The molecule has 0 aliphatic carbocycles.